The number of ether oxygens (including phenoxy) is 1. The molecule has 0 aliphatic heterocycles. The van der Waals surface area contributed by atoms with Crippen LogP contribution in [0.4, 0.5) is 29.3 Å². The lowest BCUT2D eigenvalue weighted by molar-refractivity contribution is -0.137. The Balaban J connectivity index is 1.33. The first-order valence-corrected chi connectivity index (χ1v) is 12.8. The summed E-state index contributed by atoms with van der Waals surface area (Å²) in [6.07, 6.45) is -3.36. The summed E-state index contributed by atoms with van der Waals surface area (Å²) in [6.45, 7) is 0. The fourth-order valence-electron chi connectivity index (χ4n) is 3.41. The number of halogens is 6. The molecule has 4 N–H and O–H groups in total. The molecule has 0 atom stereocenters. The molecular formula is C27H17Cl3F3N5O4. The average Bonchev–Trinajstić information content (AvgIpc) is 2.93. The number of hydrogen-bond donors (Lipinski definition) is 4. The molecule has 42 heavy (non-hydrogen) atoms. The summed E-state index contributed by atoms with van der Waals surface area (Å²) < 4.78 is 44.8. The van der Waals surface area contributed by atoms with E-state index >= 15 is 0 Å². The molecule has 4 aromatic rings. The number of alkyl halides is 3. The Morgan fingerprint density at radius 1 is 0.714 bits per heavy atom. The zero-order valence-electron chi connectivity index (χ0n) is 20.9. The lowest BCUT2D eigenvalue weighted by Crippen LogP contribution is -2.42. The molecule has 1 heterocycles. The number of benzene rings is 3. The van der Waals surface area contributed by atoms with Crippen molar-refractivity contribution in [1.29, 1.82) is 0 Å². The van der Waals surface area contributed by atoms with Gasteiger partial charge < -0.3 is 15.4 Å². The highest BCUT2D eigenvalue weighted by molar-refractivity contribution is 6.39. The molecule has 0 radical (unpaired) electrons. The normalized spacial score (nSPS) is 10.9. The van der Waals surface area contributed by atoms with E-state index in [1.807, 2.05) is 0 Å². The Morgan fingerprint density at radius 2 is 1.33 bits per heavy atom. The molecule has 0 spiro atoms. The van der Waals surface area contributed by atoms with Crippen LogP contribution in [0.5, 0.6) is 11.5 Å². The van der Waals surface area contributed by atoms with Crippen molar-refractivity contribution in [2.75, 3.05) is 10.6 Å². The number of rotatable bonds is 6. The van der Waals surface area contributed by atoms with Gasteiger partial charge in [0.05, 0.1) is 26.2 Å². The summed E-state index contributed by atoms with van der Waals surface area (Å²) in [6, 6.07) is 15.5. The van der Waals surface area contributed by atoms with Gasteiger partial charge in [0.15, 0.2) is 0 Å². The van der Waals surface area contributed by atoms with Crippen molar-refractivity contribution in [3.8, 4) is 11.5 Å². The first-order chi connectivity index (χ1) is 19.9. The molecule has 216 valence electrons. The summed E-state index contributed by atoms with van der Waals surface area (Å²) in [7, 11) is 0. The fraction of sp³-hybridized carbons (Fsp3) is 0.0370. The van der Waals surface area contributed by atoms with E-state index in [9.17, 15) is 27.6 Å². The van der Waals surface area contributed by atoms with Crippen LogP contribution >= 0.6 is 34.8 Å². The van der Waals surface area contributed by atoms with Crippen molar-refractivity contribution >= 4 is 64.0 Å². The second-order valence-corrected chi connectivity index (χ2v) is 9.50. The number of pyridine rings is 1. The van der Waals surface area contributed by atoms with Crippen LogP contribution in [0.15, 0.2) is 79.0 Å². The van der Waals surface area contributed by atoms with E-state index in [2.05, 4.69) is 26.5 Å². The van der Waals surface area contributed by atoms with Gasteiger partial charge in [-0.2, -0.15) is 13.2 Å². The molecule has 0 saturated heterocycles. The Kier molecular flexibility index (Phi) is 9.41. The first kappa shape index (κ1) is 30.4. The minimum absolute atomic E-state index is 0.0119. The Morgan fingerprint density at radius 3 is 2.00 bits per heavy atom. The quantitative estimate of drug-likeness (QED) is 0.162. The van der Waals surface area contributed by atoms with E-state index in [0.29, 0.717) is 11.4 Å². The number of carbonyl (C=O) groups excluding carboxylic acids is 3. The Bertz CT molecular complexity index is 1630. The second kappa shape index (κ2) is 13.0. The van der Waals surface area contributed by atoms with Crippen LogP contribution in [-0.2, 0) is 6.18 Å². The van der Waals surface area contributed by atoms with Gasteiger partial charge in [-0.25, -0.2) is 4.79 Å². The van der Waals surface area contributed by atoms with Crippen LogP contribution in [0.25, 0.3) is 0 Å². The van der Waals surface area contributed by atoms with Crippen LogP contribution in [0, 0.1) is 0 Å². The third kappa shape index (κ3) is 7.81. The van der Waals surface area contributed by atoms with Gasteiger partial charge in [-0.15, -0.1) is 0 Å². The lowest BCUT2D eigenvalue weighted by atomic mass is 10.2. The highest BCUT2D eigenvalue weighted by atomic mass is 35.5. The Hall–Kier alpha value is -4.52. The van der Waals surface area contributed by atoms with Crippen molar-refractivity contribution in [1.82, 2.24) is 15.8 Å². The van der Waals surface area contributed by atoms with E-state index in [0.717, 1.165) is 12.1 Å². The minimum Gasteiger partial charge on any atom is -0.457 e. The van der Waals surface area contributed by atoms with Gasteiger partial charge in [0.25, 0.3) is 11.8 Å². The topological polar surface area (TPSA) is 121 Å². The number of urea groups is 1. The zero-order chi connectivity index (χ0) is 30.4. The van der Waals surface area contributed by atoms with Crippen LogP contribution in [0.2, 0.25) is 15.1 Å². The maximum atomic E-state index is 13.0. The molecule has 1 aromatic heterocycles. The number of carbonyl (C=O) groups is 3. The second-order valence-electron chi connectivity index (χ2n) is 8.28. The lowest BCUT2D eigenvalue weighted by Gasteiger charge is -2.13. The average molecular weight is 639 g/mol. The zero-order valence-corrected chi connectivity index (χ0v) is 23.1. The highest BCUT2D eigenvalue weighted by Gasteiger charge is 2.33. The van der Waals surface area contributed by atoms with Gasteiger partial charge in [0.2, 0.25) is 0 Å². The number of nitrogens with zero attached hydrogens (tertiary/aromatic N) is 1. The molecule has 0 unspecified atom stereocenters. The molecule has 0 bridgehead atoms. The maximum Gasteiger partial charge on any atom is 0.417 e. The monoisotopic (exact) mass is 637 g/mol. The van der Waals surface area contributed by atoms with Crippen molar-refractivity contribution in [3.05, 3.63) is 111 Å². The number of nitrogens with one attached hydrogen (secondary N) is 4. The molecular weight excluding hydrogens is 622 g/mol. The molecule has 0 fully saturated rings. The molecule has 0 aliphatic carbocycles. The van der Waals surface area contributed by atoms with Crippen LogP contribution in [0.1, 0.15) is 26.4 Å². The van der Waals surface area contributed by atoms with E-state index in [1.165, 1.54) is 60.8 Å². The number of hydrogen-bond acceptors (Lipinski definition) is 5. The van der Waals surface area contributed by atoms with E-state index in [-0.39, 0.29) is 32.7 Å². The van der Waals surface area contributed by atoms with Gasteiger partial charge in [-0.3, -0.25) is 25.4 Å². The van der Waals surface area contributed by atoms with Gasteiger partial charge in [-0.1, -0.05) is 40.9 Å². The highest BCUT2D eigenvalue weighted by Crippen LogP contribution is 2.36. The maximum absolute atomic E-state index is 13.0. The Labute approximate surface area is 250 Å². The summed E-state index contributed by atoms with van der Waals surface area (Å²) in [5.41, 5.74) is 3.47. The van der Waals surface area contributed by atoms with Crippen LogP contribution in [0.3, 0.4) is 0 Å². The molecule has 0 saturated carbocycles. The van der Waals surface area contributed by atoms with E-state index in [4.69, 9.17) is 39.5 Å². The molecule has 15 heteroatoms. The summed E-state index contributed by atoms with van der Waals surface area (Å²) in [4.78, 5) is 41.1. The van der Waals surface area contributed by atoms with Crippen LogP contribution in [-0.4, -0.2) is 22.8 Å². The predicted molar refractivity (Wildman–Crippen MR) is 151 cm³/mol. The van der Waals surface area contributed by atoms with Crippen LogP contribution < -0.4 is 26.2 Å². The summed E-state index contributed by atoms with van der Waals surface area (Å²) >= 11 is 17.6. The van der Waals surface area contributed by atoms with E-state index in [1.54, 1.807) is 6.07 Å². The SMILES string of the molecule is O=C(Nc1ccc(Oc2ccnc(C(=O)NNC(=O)c3c(Cl)cccc3Cl)c2)cc1)Nc1ccc(Cl)c(C(F)(F)F)c1. The smallest absolute Gasteiger partial charge is 0.417 e. The van der Waals surface area contributed by atoms with Crippen molar-refractivity contribution in [2.24, 2.45) is 0 Å². The first-order valence-electron chi connectivity index (χ1n) is 11.6. The molecule has 4 rings (SSSR count). The third-order valence-corrected chi connectivity index (χ3v) is 6.28. The number of anilines is 2. The van der Waals surface area contributed by atoms with E-state index < -0.39 is 34.6 Å². The molecule has 9 nitrogen and oxygen atoms in total. The largest absolute Gasteiger partial charge is 0.457 e. The molecule has 4 amide bonds. The van der Waals surface area contributed by atoms with Crippen molar-refractivity contribution < 1.29 is 32.3 Å². The summed E-state index contributed by atoms with van der Waals surface area (Å²) in [5, 5.41) is 4.51. The van der Waals surface area contributed by atoms with Gasteiger partial charge in [-0.05, 0) is 60.7 Å². The fourth-order valence-corrected chi connectivity index (χ4v) is 4.20. The molecule has 3 aromatic carbocycles. The summed E-state index contributed by atoms with van der Waals surface area (Å²) in [5.74, 6) is -0.913. The van der Waals surface area contributed by atoms with Gasteiger partial charge >= 0.3 is 12.2 Å². The standard InChI is InChI=1S/C27H17Cl3F3N5O4/c28-19-9-6-15(12-18(19)27(31,32)33)36-26(41)35-14-4-7-16(8-5-14)42-17-10-11-34-22(13-17)24(39)37-38-25(40)23-20(29)2-1-3-21(23)30/h1-13H,(H,37,39)(H,38,40)(H2,35,36,41). The van der Waals surface area contributed by atoms with Gasteiger partial charge in [0.1, 0.15) is 17.2 Å². The van der Waals surface area contributed by atoms with Gasteiger partial charge in [0, 0.05) is 23.6 Å². The minimum atomic E-state index is -4.68. The predicted octanol–water partition coefficient (Wildman–Crippen LogP) is 7.57. The number of amides is 4. The molecule has 0 aliphatic rings. The number of aromatic nitrogens is 1. The van der Waals surface area contributed by atoms with Crippen molar-refractivity contribution in [2.45, 2.75) is 6.18 Å². The number of hydrazine groups is 1. The third-order valence-electron chi connectivity index (χ3n) is 5.32. The van der Waals surface area contributed by atoms with Crippen molar-refractivity contribution in [3.63, 3.8) is 0 Å².